The summed E-state index contributed by atoms with van der Waals surface area (Å²) in [6.07, 6.45) is 0. The number of aromatic nitrogens is 3. The number of nitrogens with two attached hydrogens (primary N) is 1. The van der Waals surface area contributed by atoms with Gasteiger partial charge in [-0.05, 0) is 13.0 Å². The van der Waals surface area contributed by atoms with E-state index >= 15 is 0 Å². The van der Waals surface area contributed by atoms with Gasteiger partial charge < -0.3 is 14.8 Å². The molecule has 2 aromatic heterocycles. The number of anilines is 1. The minimum Gasteiger partial charge on any atom is -0.368 e. The molecule has 0 aliphatic carbocycles. The molecule has 0 radical (unpaired) electrons. The fourth-order valence-corrected chi connectivity index (χ4v) is 1.95. The molecule has 0 spiro atoms. The smallest absolute Gasteiger partial charge is 0.222 e. The topological polar surface area (TPSA) is 69.9 Å². The maximum absolute atomic E-state index is 5.54. The summed E-state index contributed by atoms with van der Waals surface area (Å²) < 4.78 is 6.94. The highest BCUT2D eigenvalue weighted by molar-refractivity contribution is 5.91. The third-order valence-electron chi connectivity index (χ3n) is 2.94. The van der Waals surface area contributed by atoms with Gasteiger partial charge in [0.2, 0.25) is 5.88 Å². The lowest BCUT2D eigenvalue weighted by molar-refractivity contribution is 0.439. The van der Waals surface area contributed by atoms with Crippen molar-refractivity contribution in [1.82, 2.24) is 14.7 Å². The van der Waals surface area contributed by atoms with Crippen molar-refractivity contribution in [3.8, 4) is 11.3 Å². The average Bonchev–Trinajstić information content (AvgIpc) is 2.85. The van der Waals surface area contributed by atoms with Crippen LogP contribution in [0.15, 0.2) is 28.8 Å². The number of hydrogen-bond acceptors (Lipinski definition) is 4. The number of nitrogens with zero attached hydrogens (tertiary/aromatic N) is 3. The molecule has 86 valence electrons. The Bertz CT molecular complexity index is 696. The van der Waals surface area contributed by atoms with Crippen LogP contribution in [0, 0.1) is 6.92 Å². The van der Waals surface area contributed by atoms with Crippen LogP contribution >= 0.6 is 0 Å². The van der Waals surface area contributed by atoms with Crippen molar-refractivity contribution in [1.29, 1.82) is 0 Å². The van der Waals surface area contributed by atoms with Gasteiger partial charge in [-0.15, -0.1) is 0 Å². The number of imidazole rings is 1. The molecule has 5 nitrogen and oxygen atoms in total. The quantitative estimate of drug-likeness (QED) is 0.692. The van der Waals surface area contributed by atoms with Gasteiger partial charge in [-0.25, -0.2) is 4.98 Å². The van der Waals surface area contributed by atoms with E-state index in [0.717, 1.165) is 22.4 Å². The SMILES string of the molecule is Cc1nc2c(-c3cc(N)on3)cccc2n1C. The molecule has 0 atom stereocenters. The first-order valence-electron chi connectivity index (χ1n) is 5.31. The van der Waals surface area contributed by atoms with E-state index in [1.165, 1.54) is 0 Å². The van der Waals surface area contributed by atoms with E-state index in [4.69, 9.17) is 10.3 Å². The molecule has 17 heavy (non-hydrogen) atoms. The molecule has 0 fully saturated rings. The van der Waals surface area contributed by atoms with Gasteiger partial charge in [0.25, 0.3) is 0 Å². The molecular formula is C12H12N4O. The summed E-state index contributed by atoms with van der Waals surface area (Å²) in [7, 11) is 1.99. The van der Waals surface area contributed by atoms with Crippen LogP contribution in [-0.2, 0) is 7.05 Å². The van der Waals surface area contributed by atoms with Crippen molar-refractivity contribution in [2.24, 2.45) is 7.05 Å². The van der Waals surface area contributed by atoms with E-state index in [9.17, 15) is 0 Å². The third-order valence-corrected chi connectivity index (χ3v) is 2.94. The second kappa shape index (κ2) is 3.35. The van der Waals surface area contributed by atoms with Gasteiger partial charge in [0.15, 0.2) is 0 Å². The average molecular weight is 228 g/mol. The van der Waals surface area contributed by atoms with E-state index in [0.29, 0.717) is 11.6 Å². The lowest BCUT2D eigenvalue weighted by Gasteiger charge is -1.98. The van der Waals surface area contributed by atoms with Gasteiger partial charge in [0.1, 0.15) is 11.5 Å². The predicted octanol–water partition coefficient (Wildman–Crippen LogP) is 2.12. The second-order valence-corrected chi connectivity index (χ2v) is 4.01. The van der Waals surface area contributed by atoms with Crippen LogP contribution in [0.3, 0.4) is 0 Å². The Labute approximate surface area is 97.8 Å². The maximum atomic E-state index is 5.54. The number of benzene rings is 1. The Hall–Kier alpha value is -2.30. The Kier molecular flexibility index (Phi) is 1.95. The largest absolute Gasteiger partial charge is 0.368 e. The van der Waals surface area contributed by atoms with Crippen LogP contribution in [0.1, 0.15) is 5.82 Å². The Morgan fingerprint density at radius 1 is 1.35 bits per heavy atom. The zero-order valence-corrected chi connectivity index (χ0v) is 9.64. The Morgan fingerprint density at radius 2 is 2.18 bits per heavy atom. The Balaban J connectivity index is 2.33. The fourth-order valence-electron chi connectivity index (χ4n) is 1.95. The highest BCUT2D eigenvalue weighted by Crippen LogP contribution is 2.28. The van der Waals surface area contributed by atoms with Crippen molar-refractivity contribution in [2.75, 3.05) is 5.73 Å². The van der Waals surface area contributed by atoms with E-state index < -0.39 is 0 Å². The van der Waals surface area contributed by atoms with Crippen LogP contribution in [0.4, 0.5) is 5.88 Å². The fraction of sp³-hybridized carbons (Fsp3) is 0.167. The summed E-state index contributed by atoms with van der Waals surface area (Å²) in [5, 5.41) is 3.93. The van der Waals surface area contributed by atoms with Crippen LogP contribution < -0.4 is 5.73 Å². The van der Waals surface area contributed by atoms with Gasteiger partial charge in [-0.3, -0.25) is 0 Å². The molecule has 2 heterocycles. The minimum atomic E-state index is 0.310. The summed E-state index contributed by atoms with van der Waals surface area (Å²) in [4.78, 5) is 4.54. The van der Waals surface area contributed by atoms with E-state index in [-0.39, 0.29) is 0 Å². The summed E-state index contributed by atoms with van der Waals surface area (Å²) in [5.41, 5.74) is 9.18. The van der Waals surface area contributed by atoms with E-state index in [1.54, 1.807) is 6.07 Å². The number of para-hydroxylation sites is 1. The molecule has 0 saturated carbocycles. The zero-order valence-electron chi connectivity index (χ0n) is 9.64. The standard InChI is InChI=1S/C12H12N4O/c1-7-14-12-8(9-6-11(13)17-15-9)4-3-5-10(12)16(7)2/h3-6H,13H2,1-2H3. The molecule has 3 rings (SSSR count). The molecule has 0 aliphatic heterocycles. The predicted molar refractivity (Wildman–Crippen MR) is 65.4 cm³/mol. The molecule has 0 unspecified atom stereocenters. The van der Waals surface area contributed by atoms with Gasteiger partial charge >= 0.3 is 0 Å². The number of fused-ring (bicyclic) bond motifs is 1. The third kappa shape index (κ3) is 1.39. The van der Waals surface area contributed by atoms with Crippen molar-refractivity contribution in [2.45, 2.75) is 6.92 Å². The zero-order chi connectivity index (χ0) is 12.0. The van der Waals surface area contributed by atoms with Crippen molar-refractivity contribution in [3.63, 3.8) is 0 Å². The van der Waals surface area contributed by atoms with Crippen LogP contribution in [0.25, 0.3) is 22.3 Å². The van der Waals surface area contributed by atoms with Crippen LogP contribution in [0.2, 0.25) is 0 Å². The molecule has 0 saturated heterocycles. The molecule has 0 aliphatic rings. The van der Waals surface area contributed by atoms with Gasteiger partial charge in [0.05, 0.1) is 11.0 Å². The van der Waals surface area contributed by atoms with Gasteiger partial charge in [-0.1, -0.05) is 17.3 Å². The minimum absolute atomic E-state index is 0.310. The van der Waals surface area contributed by atoms with Crippen LogP contribution in [-0.4, -0.2) is 14.7 Å². The second-order valence-electron chi connectivity index (χ2n) is 4.01. The normalized spacial score (nSPS) is 11.2. The van der Waals surface area contributed by atoms with Crippen LogP contribution in [0.5, 0.6) is 0 Å². The summed E-state index contributed by atoms with van der Waals surface area (Å²) in [6, 6.07) is 7.68. The first kappa shape index (κ1) is 9.89. The molecule has 1 aromatic carbocycles. The Morgan fingerprint density at radius 3 is 2.88 bits per heavy atom. The highest BCUT2D eigenvalue weighted by atomic mass is 16.5. The van der Waals surface area contributed by atoms with Crippen molar-refractivity contribution < 1.29 is 4.52 Å². The number of aryl methyl sites for hydroxylation is 2. The number of hydrogen-bond donors (Lipinski definition) is 1. The first-order chi connectivity index (χ1) is 8.16. The summed E-state index contributed by atoms with van der Waals surface area (Å²) in [5.74, 6) is 1.27. The molecule has 0 amide bonds. The van der Waals surface area contributed by atoms with E-state index in [1.807, 2.05) is 36.7 Å². The molecular weight excluding hydrogens is 216 g/mol. The number of nitrogen functional groups attached to an aromatic ring is 1. The van der Waals surface area contributed by atoms with Crippen molar-refractivity contribution >= 4 is 16.9 Å². The van der Waals surface area contributed by atoms with Gasteiger partial charge in [0, 0.05) is 18.7 Å². The molecule has 5 heteroatoms. The molecule has 0 bridgehead atoms. The summed E-state index contributed by atoms with van der Waals surface area (Å²) in [6.45, 7) is 1.97. The lowest BCUT2D eigenvalue weighted by Crippen LogP contribution is -1.89. The van der Waals surface area contributed by atoms with Crippen molar-refractivity contribution in [3.05, 3.63) is 30.1 Å². The first-order valence-corrected chi connectivity index (χ1v) is 5.31. The lowest BCUT2D eigenvalue weighted by atomic mass is 10.1. The summed E-state index contributed by atoms with van der Waals surface area (Å²) >= 11 is 0. The molecule has 2 N–H and O–H groups in total. The van der Waals surface area contributed by atoms with E-state index in [2.05, 4.69) is 10.1 Å². The monoisotopic (exact) mass is 228 g/mol. The number of rotatable bonds is 1. The maximum Gasteiger partial charge on any atom is 0.222 e. The van der Waals surface area contributed by atoms with Gasteiger partial charge in [-0.2, -0.15) is 0 Å². The molecule has 3 aromatic rings. The highest BCUT2D eigenvalue weighted by Gasteiger charge is 2.12.